The minimum atomic E-state index is -0.911. The van der Waals surface area contributed by atoms with Crippen LogP contribution in [-0.2, 0) is 16.1 Å². The van der Waals surface area contributed by atoms with Crippen LogP contribution in [-0.4, -0.2) is 40.9 Å². The molecule has 1 atom stereocenters. The third-order valence-corrected chi connectivity index (χ3v) is 5.72. The van der Waals surface area contributed by atoms with E-state index in [1.54, 1.807) is 60.9 Å². The van der Waals surface area contributed by atoms with E-state index in [1.165, 1.54) is 19.1 Å². The van der Waals surface area contributed by atoms with Crippen molar-refractivity contribution < 1.29 is 24.2 Å². The summed E-state index contributed by atoms with van der Waals surface area (Å²) in [4.78, 5) is 31.9. The number of likely N-dealkylation sites (tertiary alicyclic amines) is 1. The minimum Gasteiger partial charge on any atom is -0.507 e. The summed E-state index contributed by atoms with van der Waals surface area (Å²) >= 11 is 5.98. The van der Waals surface area contributed by atoms with Gasteiger partial charge in [0.1, 0.15) is 17.3 Å². The quantitative estimate of drug-likeness (QED) is 0.331. The van der Waals surface area contributed by atoms with Crippen molar-refractivity contribution in [1.29, 1.82) is 0 Å². The fourth-order valence-electron chi connectivity index (χ4n) is 3.87. The number of methoxy groups -OCH3 is 2. The van der Waals surface area contributed by atoms with Gasteiger partial charge in [0.15, 0.2) is 0 Å². The van der Waals surface area contributed by atoms with E-state index in [-0.39, 0.29) is 17.9 Å². The molecule has 1 saturated heterocycles. The Morgan fingerprint density at radius 2 is 1.85 bits per heavy atom. The first-order chi connectivity index (χ1) is 15.9. The molecule has 1 aliphatic heterocycles. The number of aliphatic hydroxyl groups excluding tert-OH is 1. The van der Waals surface area contributed by atoms with E-state index in [0.29, 0.717) is 27.6 Å². The van der Waals surface area contributed by atoms with Gasteiger partial charge in [0.25, 0.3) is 11.7 Å². The van der Waals surface area contributed by atoms with Crippen LogP contribution in [0.1, 0.15) is 22.7 Å². The smallest absolute Gasteiger partial charge is 0.295 e. The maximum atomic E-state index is 13.2. The van der Waals surface area contributed by atoms with Crippen molar-refractivity contribution >= 4 is 29.1 Å². The number of aliphatic hydroxyl groups is 1. The van der Waals surface area contributed by atoms with Crippen molar-refractivity contribution in [1.82, 2.24) is 9.88 Å². The standard InChI is InChI=1S/C25H21ClN2O5/c1-32-18-9-10-20(33-2)19(12-18)22-21(23(29)16-5-7-17(26)8-6-16)24(30)25(31)28(22)14-15-4-3-11-27-13-15/h3-13,22,29H,14H2,1-2H3/b23-21-. The van der Waals surface area contributed by atoms with E-state index in [9.17, 15) is 14.7 Å². The zero-order chi connectivity index (χ0) is 23.5. The van der Waals surface area contributed by atoms with E-state index >= 15 is 0 Å². The second-order valence-corrected chi connectivity index (χ2v) is 7.84. The molecule has 33 heavy (non-hydrogen) atoms. The molecule has 2 heterocycles. The molecule has 7 nitrogen and oxygen atoms in total. The van der Waals surface area contributed by atoms with Crippen molar-refractivity contribution in [3.05, 3.63) is 94.3 Å². The van der Waals surface area contributed by atoms with Gasteiger partial charge in [-0.2, -0.15) is 0 Å². The number of hydrogen-bond donors (Lipinski definition) is 1. The first kappa shape index (κ1) is 22.4. The monoisotopic (exact) mass is 464 g/mol. The maximum Gasteiger partial charge on any atom is 0.295 e. The van der Waals surface area contributed by atoms with Crippen molar-refractivity contribution in [3.8, 4) is 11.5 Å². The highest BCUT2D eigenvalue weighted by Gasteiger charge is 2.47. The Morgan fingerprint density at radius 3 is 2.48 bits per heavy atom. The molecule has 2 aromatic carbocycles. The molecule has 0 spiro atoms. The number of aromatic nitrogens is 1. The molecule has 0 aliphatic carbocycles. The van der Waals surface area contributed by atoms with E-state index in [4.69, 9.17) is 21.1 Å². The number of halogens is 1. The fraction of sp³-hybridized carbons (Fsp3) is 0.160. The van der Waals surface area contributed by atoms with Gasteiger partial charge < -0.3 is 19.5 Å². The lowest BCUT2D eigenvalue weighted by Crippen LogP contribution is -2.29. The summed E-state index contributed by atoms with van der Waals surface area (Å²) in [6.45, 7) is 0.112. The number of pyridine rings is 1. The molecule has 0 saturated carbocycles. The second kappa shape index (κ2) is 9.34. The van der Waals surface area contributed by atoms with Gasteiger partial charge in [0.2, 0.25) is 0 Å². The minimum absolute atomic E-state index is 0.0437. The van der Waals surface area contributed by atoms with Gasteiger partial charge in [-0.3, -0.25) is 14.6 Å². The topological polar surface area (TPSA) is 89.0 Å². The predicted molar refractivity (Wildman–Crippen MR) is 123 cm³/mol. The molecule has 1 aromatic heterocycles. The van der Waals surface area contributed by atoms with E-state index in [2.05, 4.69) is 4.98 Å². The molecule has 3 aromatic rings. The number of benzene rings is 2. The maximum absolute atomic E-state index is 13.2. The number of ketones is 1. The second-order valence-electron chi connectivity index (χ2n) is 7.40. The zero-order valence-corrected chi connectivity index (χ0v) is 18.7. The van der Waals surface area contributed by atoms with Crippen LogP contribution in [0.15, 0.2) is 72.6 Å². The Labute approximate surface area is 195 Å². The molecule has 1 unspecified atom stereocenters. The van der Waals surface area contributed by atoms with Gasteiger partial charge in [-0.15, -0.1) is 0 Å². The average Bonchev–Trinajstić information content (AvgIpc) is 3.09. The first-order valence-electron chi connectivity index (χ1n) is 10.1. The number of Topliss-reactive ketones (excluding diaryl/α,β-unsaturated/α-hetero) is 1. The third-order valence-electron chi connectivity index (χ3n) is 5.46. The summed E-state index contributed by atoms with van der Waals surface area (Å²) in [6, 6.07) is 14.1. The Hall–Kier alpha value is -3.84. The van der Waals surface area contributed by atoms with E-state index in [1.807, 2.05) is 6.07 Å². The van der Waals surface area contributed by atoms with Gasteiger partial charge in [-0.05, 0) is 54.1 Å². The predicted octanol–water partition coefficient (Wildman–Crippen LogP) is 4.37. The first-order valence-corrected chi connectivity index (χ1v) is 10.5. The van der Waals surface area contributed by atoms with Crippen molar-refractivity contribution in [3.63, 3.8) is 0 Å². The Morgan fingerprint density at radius 1 is 1.09 bits per heavy atom. The number of nitrogens with zero attached hydrogens (tertiary/aromatic N) is 2. The molecule has 4 rings (SSSR count). The van der Waals surface area contributed by atoms with Gasteiger partial charge in [0, 0.05) is 35.1 Å². The van der Waals surface area contributed by atoms with Crippen LogP contribution in [0.2, 0.25) is 5.02 Å². The number of hydrogen-bond acceptors (Lipinski definition) is 6. The SMILES string of the molecule is COc1ccc(OC)c(C2/C(=C(/O)c3ccc(Cl)cc3)C(=O)C(=O)N2Cc2cccnc2)c1. The molecule has 0 radical (unpaired) electrons. The average molecular weight is 465 g/mol. The van der Waals surface area contributed by atoms with Crippen molar-refractivity contribution in [2.24, 2.45) is 0 Å². The molecule has 1 fully saturated rings. The van der Waals surface area contributed by atoms with Gasteiger partial charge in [-0.25, -0.2) is 0 Å². The van der Waals surface area contributed by atoms with Crippen LogP contribution in [0.3, 0.4) is 0 Å². The van der Waals surface area contributed by atoms with Crippen LogP contribution in [0.5, 0.6) is 11.5 Å². The lowest BCUT2D eigenvalue weighted by Gasteiger charge is -2.27. The molecule has 0 bridgehead atoms. The molecular formula is C25H21ClN2O5. The molecule has 1 amide bonds. The number of amides is 1. The van der Waals surface area contributed by atoms with Gasteiger partial charge >= 0.3 is 0 Å². The lowest BCUT2D eigenvalue weighted by molar-refractivity contribution is -0.140. The number of carbonyl (C=O) groups excluding carboxylic acids is 2. The fourth-order valence-corrected chi connectivity index (χ4v) is 4.00. The van der Waals surface area contributed by atoms with Crippen LogP contribution < -0.4 is 9.47 Å². The normalized spacial score (nSPS) is 17.3. The summed E-state index contributed by atoms with van der Waals surface area (Å²) < 4.78 is 10.9. The third kappa shape index (κ3) is 4.27. The Balaban J connectivity index is 1.93. The summed E-state index contributed by atoms with van der Waals surface area (Å²) in [5.74, 6) is -0.857. The van der Waals surface area contributed by atoms with E-state index < -0.39 is 17.7 Å². The van der Waals surface area contributed by atoms with Crippen molar-refractivity contribution in [2.45, 2.75) is 12.6 Å². The number of ether oxygens (including phenoxy) is 2. The molecule has 168 valence electrons. The Kier molecular flexibility index (Phi) is 6.33. The molecule has 8 heteroatoms. The summed E-state index contributed by atoms with van der Waals surface area (Å²) in [7, 11) is 3.02. The largest absolute Gasteiger partial charge is 0.507 e. The van der Waals surface area contributed by atoms with Crippen LogP contribution in [0.25, 0.3) is 5.76 Å². The molecule has 1 aliphatic rings. The van der Waals surface area contributed by atoms with Gasteiger partial charge in [-0.1, -0.05) is 17.7 Å². The zero-order valence-electron chi connectivity index (χ0n) is 18.0. The Bertz CT molecular complexity index is 1230. The van der Waals surface area contributed by atoms with Crippen LogP contribution in [0, 0.1) is 0 Å². The summed E-state index contributed by atoms with van der Waals surface area (Å²) in [5, 5.41) is 11.6. The summed E-state index contributed by atoms with van der Waals surface area (Å²) in [5.41, 5.74) is 1.57. The summed E-state index contributed by atoms with van der Waals surface area (Å²) in [6.07, 6.45) is 3.25. The lowest BCUT2D eigenvalue weighted by atomic mass is 9.94. The van der Waals surface area contributed by atoms with Crippen LogP contribution in [0.4, 0.5) is 0 Å². The number of rotatable bonds is 6. The molecular weight excluding hydrogens is 444 g/mol. The number of carbonyl (C=O) groups is 2. The molecule has 1 N–H and O–H groups in total. The van der Waals surface area contributed by atoms with Crippen molar-refractivity contribution in [2.75, 3.05) is 14.2 Å². The van der Waals surface area contributed by atoms with Gasteiger partial charge in [0.05, 0.1) is 25.8 Å². The highest BCUT2D eigenvalue weighted by molar-refractivity contribution is 6.46. The van der Waals surface area contributed by atoms with Crippen LogP contribution >= 0.6 is 11.6 Å². The highest BCUT2D eigenvalue weighted by atomic mass is 35.5. The van der Waals surface area contributed by atoms with E-state index in [0.717, 1.165) is 5.56 Å². The highest BCUT2D eigenvalue weighted by Crippen LogP contribution is 2.44.